The number of ether oxygens (including phenoxy) is 3. The monoisotopic (exact) mass is 411 g/mol. The predicted molar refractivity (Wildman–Crippen MR) is 104 cm³/mol. The fourth-order valence-corrected chi connectivity index (χ4v) is 2.67. The number of benzene rings is 2. The van der Waals surface area contributed by atoms with Gasteiger partial charge in [-0.15, -0.1) is 0 Å². The number of halogens is 2. The van der Waals surface area contributed by atoms with Crippen molar-refractivity contribution >= 4 is 40.8 Å². The quantitative estimate of drug-likeness (QED) is 0.674. The summed E-state index contributed by atoms with van der Waals surface area (Å²) in [4.78, 5) is 24.6. The molecule has 0 radical (unpaired) electrons. The van der Waals surface area contributed by atoms with Crippen molar-refractivity contribution in [3.63, 3.8) is 0 Å². The summed E-state index contributed by atoms with van der Waals surface area (Å²) in [7, 11) is 1.43. The van der Waals surface area contributed by atoms with Gasteiger partial charge >= 0.3 is 5.97 Å². The maximum Gasteiger partial charge on any atom is 0.339 e. The van der Waals surface area contributed by atoms with Crippen molar-refractivity contribution in [2.75, 3.05) is 19.0 Å². The molecule has 2 rings (SSSR count). The standard InChI is InChI=1S/C19H19Cl2NO5/c1-4-26-17-15(21)8-12(9-16(17)25-3)19(24)27-11(2)18(23)22-14-7-5-6-13(20)10-14/h5-11H,4H2,1-3H3,(H,22,23)/t11-/m1/s1. The van der Waals surface area contributed by atoms with E-state index in [1.807, 2.05) is 0 Å². The number of esters is 1. The summed E-state index contributed by atoms with van der Waals surface area (Å²) in [6.45, 7) is 3.66. The number of carbonyl (C=O) groups excluding carboxylic acids is 2. The summed E-state index contributed by atoms with van der Waals surface area (Å²) in [6, 6.07) is 9.49. The van der Waals surface area contributed by atoms with Gasteiger partial charge in [-0.25, -0.2) is 4.79 Å². The van der Waals surface area contributed by atoms with Gasteiger partial charge in [0.1, 0.15) is 0 Å². The summed E-state index contributed by atoms with van der Waals surface area (Å²) in [5, 5.41) is 3.32. The molecule has 0 heterocycles. The highest BCUT2D eigenvalue weighted by Gasteiger charge is 2.22. The molecule has 8 heteroatoms. The predicted octanol–water partition coefficient (Wildman–Crippen LogP) is 4.58. The van der Waals surface area contributed by atoms with Gasteiger partial charge in [-0.3, -0.25) is 4.79 Å². The third-order valence-electron chi connectivity index (χ3n) is 3.50. The number of anilines is 1. The zero-order valence-corrected chi connectivity index (χ0v) is 16.6. The molecule has 0 aliphatic carbocycles. The third-order valence-corrected chi connectivity index (χ3v) is 4.01. The molecule has 0 spiro atoms. The van der Waals surface area contributed by atoms with E-state index in [1.165, 1.54) is 26.2 Å². The van der Waals surface area contributed by atoms with E-state index in [0.717, 1.165) is 0 Å². The van der Waals surface area contributed by atoms with Gasteiger partial charge in [0.05, 0.1) is 24.3 Å². The highest BCUT2D eigenvalue weighted by Crippen LogP contribution is 2.36. The van der Waals surface area contributed by atoms with Gasteiger partial charge < -0.3 is 19.5 Å². The van der Waals surface area contributed by atoms with Crippen LogP contribution in [0.5, 0.6) is 11.5 Å². The van der Waals surface area contributed by atoms with E-state index in [9.17, 15) is 9.59 Å². The summed E-state index contributed by atoms with van der Waals surface area (Å²) in [6.07, 6.45) is -1.03. The van der Waals surface area contributed by atoms with E-state index >= 15 is 0 Å². The first kappa shape index (κ1) is 20.9. The molecule has 6 nitrogen and oxygen atoms in total. The minimum atomic E-state index is -1.03. The van der Waals surface area contributed by atoms with Gasteiger partial charge in [-0.2, -0.15) is 0 Å². The molecule has 1 atom stereocenters. The van der Waals surface area contributed by atoms with Crippen LogP contribution in [0, 0.1) is 0 Å². The normalized spacial score (nSPS) is 11.4. The van der Waals surface area contributed by atoms with E-state index in [0.29, 0.717) is 28.8 Å². The average Bonchev–Trinajstić information content (AvgIpc) is 2.63. The lowest BCUT2D eigenvalue weighted by atomic mass is 10.2. The minimum Gasteiger partial charge on any atom is -0.493 e. The second-order valence-corrected chi connectivity index (χ2v) is 6.31. The Morgan fingerprint density at radius 2 is 1.93 bits per heavy atom. The topological polar surface area (TPSA) is 73.9 Å². The van der Waals surface area contributed by atoms with Crippen LogP contribution < -0.4 is 14.8 Å². The largest absolute Gasteiger partial charge is 0.493 e. The molecule has 2 aromatic carbocycles. The average molecular weight is 412 g/mol. The molecule has 144 valence electrons. The van der Waals surface area contributed by atoms with Gasteiger partial charge in [0.25, 0.3) is 5.91 Å². The van der Waals surface area contributed by atoms with Crippen molar-refractivity contribution in [3.05, 3.63) is 52.0 Å². The molecule has 1 N–H and O–H groups in total. The Balaban J connectivity index is 2.09. The number of carbonyl (C=O) groups is 2. The molecule has 0 saturated heterocycles. The van der Waals surface area contributed by atoms with Crippen molar-refractivity contribution in [2.45, 2.75) is 20.0 Å². The molecule has 0 bridgehead atoms. The van der Waals surface area contributed by atoms with Gasteiger partial charge in [-0.1, -0.05) is 29.3 Å². The molecule has 0 aromatic heterocycles. The number of methoxy groups -OCH3 is 1. The summed E-state index contributed by atoms with van der Waals surface area (Å²) in [5.74, 6) is -0.570. The highest BCUT2D eigenvalue weighted by molar-refractivity contribution is 6.32. The molecule has 27 heavy (non-hydrogen) atoms. The molecule has 0 saturated carbocycles. The van der Waals surface area contributed by atoms with Crippen molar-refractivity contribution in [3.8, 4) is 11.5 Å². The number of amides is 1. The first-order valence-corrected chi connectivity index (χ1v) is 8.89. The molecule has 0 aliphatic heterocycles. The van der Waals surface area contributed by atoms with E-state index in [2.05, 4.69) is 5.32 Å². The molecule has 0 aliphatic rings. The van der Waals surface area contributed by atoms with Gasteiger partial charge in [-0.05, 0) is 44.2 Å². The molecule has 0 unspecified atom stereocenters. The van der Waals surface area contributed by atoms with Crippen LogP contribution in [-0.2, 0) is 9.53 Å². The second-order valence-electron chi connectivity index (χ2n) is 5.47. The van der Waals surface area contributed by atoms with Crippen LogP contribution in [0.15, 0.2) is 36.4 Å². The Kier molecular flexibility index (Phi) is 7.33. The lowest BCUT2D eigenvalue weighted by molar-refractivity contribution is -0.123. The Bertz CT molecular complexity index is 841. The van der Waals surface area contributed by atoms with E-state index in [1.54, 1.807) is 31.2 Å². The van der Waals surface area contributed by atoms with Crippen molar-refractivity contribution in [1.29, 1.82) is 0 Å². The van der Waals surface area contributed by atoms with Crippen LogP contribution >= 0.6 is 23.2 Å². The van der Waals surface area contributed by atoms with Crippen LogP contribution in [0.3, 0.4) is 0 Å². The van der Waals surface area contributed by atoms with Crippen molar-refractivity contribution in [1.82, 2.24) is 0 Å². The summed E-state index contributed by atoms with van der Waals surface area (Å²) >= 11 is 12.0. The highest BCUT2D eigenvalue weighted by atomic mass is 35.5. The van der Waals surface area contributed by atoms with Crippen LogP contribution in [0.1, 0.15) is 24.2 Å². The van der Waals surface area contributed by atoms with Crippen LogP contribution in [0.25, 0.3) is 0 Å². The van der Waals surface area contributed by atoms with Crippen molar-refractivity contribution in [2.24, 2.45) is 0 Å². The number of rotatable bonds is 7. The molecular formula is C19H19Cl2NO5. The minimum absolute atomic E-state index is 0.141. The fraction of sp³-hybridized carbons (Fsp3) is 0.263. The van der Waals surface area contributed by atoms with Crippen LogP contribution in [0.4, 0.5) is 5.69 Å². The van der Waals surface area contributed by atoms with Crippen LogP contribution in [0.2, 0.25) is 10.0 Å². The lowest BCUT2D eigenvalue weighted by Crippen LogP contribution is -2.30. The van der Waals surface area contributed by atoms with Crippen LogP contribution in [-0.4, -0.2) is 31.7 Å². The fourth-order valence-electron chi connectivity index (χ4n) is 2.21. The summed E-state index contributed by atoms with van der Waals surface area (Å²) in [5.41, 5.74) is 0.642. The van der Waals surface area contributed by atoms with E-state index < -0.39 is 18.0 Å². The second kappa shape index (κ2) is 9.48. The zero-order chi connectivity index (χ0) is 20.0. The van der Waals surface area contributed by atoms with Gasteiger partial charge in [0.15, 0.2) is 17.6 Å². The smallest absolute Gasteiger partial charge is 0.339 e. The number of hydrogen-bond donors (Lipinski definition) is 1. The Morgan fingerprint density at radius 1 is 1.19 bits per heavy atom. The molecule has 0 fully saturated rings. The maximum atomic E-state index is 12.4. The Morgan fingerprint density at radius 3 is 2.56 bits per heavy atom. The van der Waals surface area contributed by atoms with Gasteiger partial charge in [0.2, 0.25) is 0 Å². The molecule has 2 aromatic rings. The molecular weight excluding hydrogens is 393 g/mol. The zero-order valence-electron chi connectivity index (χ0n) is 15.0. The van der Waals surface area contributed by atoms with Crippen molar-refractivity contribution < 1.29 is 23.8 Å². The van der Waals surface area contributed by atoms with E-state index in [-0.39, 0.29) is 10.6 Å². The summed E-state index contributed by atoms with van der Waals surface area (Å²) < 4.78 is 15.8. The third kappa shape index (κ3) is 5.52. The molecule has 1 amide bonds. The lowest BCUT2D eigenvalue weighted by Gasteiger charge is -2.15. The SMILES string of the molecule is CCOc1c(Cl)cc(C(=O)O[C@H](C)C(=O)Nc2cccc(Cl)c2)cc1OC. The maximum absolute atomic E-state index is 12.4. The first-order valence-electron chi connectivity index (χ1n) is 8.13. The number of hydrogen-bond acceptors (Lipinski definition) is 5. The first-order chi connectivity index (χ1) is 12.8. The Labute approximate surface area is 167 Å². The Hall–Kier alpha value is -2.44. The number of nitrogens with one attached hydrogen (secondary N) is 1. The van der Waals surface area contributed by atoms with Gasteiger partial charge in [0, 0.05) is 10.7 Å². The van der Waals surface area contributed by atoms with E-state index in [4.69, 9.17) is 37.4 Å².